The SMILES string of the molecule is CCOC1CC(NC(=O)OC(C)(C)C)C1NCc1ccc[nH]1. The van der Waals surface area contributed by atoms with Gasteiger partial charge in [0.1, 0.15) is 5.60 Å². The van der Waals surface area contributed by atoms with Crippen LogP contribution in [0, 0.1) is 0 Å². The maximum Gasteiger partial charge on any atom is 0.407 e. The van der Waals surface area contributed by atoms with Gasteiger partial charge in [-0.1, -0.05) is 0 Å². The molecule has 3 N–H and O–H groups in total. The molecule has 1 aliphatic carbocycles. The van der Waals surface area contributed by atoms with Crippen LogP contribution in [0.25, 0.3) is 0 Å². The highest BCUT2D eigenvalue weighted by atomic mass is 16.6. The molecule has 0 saturated heterocycles. The summed E-state index contributed by atoms with van der Waals surface area (Å²) in [6, 6.07) is 4.11. The van der Waals surface area contributed by atoms with Gasteiger partial charge in [-0.3, -0.25) is 0 Å². The van der Waals surface area contributed by atoms with Gasteiger partial charge >= 0.3 is 6.09 Å². The third-order valence-corrected chi connectivity index (χ3v) is 3.59. The number of nitrogens with one attached hydrogen (secondary N) is 3. The third kappa shape index (κ3) is 4.74. The van der Waals surface area contributed by atoms with Gasteiger partial charge in [-0.25, -0.2) is 4.79 Å². The van der Waals surface area contributed by atoms with Crippen molar-refractivity contribution in [2.75, 3.05) is 6.61 Å². The first-order valence-corrected chi connectivity index (χ1v) is 7.86. The van der Waals surface area contributed by atoms with Gasteiger partial charge in [-0.05, 0) is 46.2 Å². The molecule has 1 aromatic heterocycles. The van der Waals surface area contributed by atoms with Gasteiger partial charge in [-0.2, -0.15) is 0 Å². The Morgan fingerprint density at radius 2 is 2.23 bits per heavy atom. The predicted octanol–water partition coefficient (Wildman–Crippen LogP) is 2.17. The second-order valence-corrected chi connectivity index (χ2v) is 6.58. The molecule has 0 aliphatic heterocycles. The average Bonchev–Trinajstić information content (AvgIpc) is 2.88. The van der Waals surface area contributed by atoms with Crippen molar-refractivity contribution < 1.29 is 14.3 Å². The number of aromatic amines is 1. The molecule has 1 heterocycles. The smallest absolute Gasteiger partial charge is 0.407 e. The summed E-state index contributed by atoms with van der Waals surface area (Å²) in [5.41, 5.74) is 0.624. The topological polar surface area (TPSA) is 75.4 Å². The zero-order chi connectivity index (χ0) is 16.2. The molecule has 2 rings (SSSR count). The molecule has 6 nitrogen and oxygen atoms in total. The molecule has 0 radical (unpaired) electrons. The summed E-state index contributed by atoms with van der Waals surface area (Å²) in [5.74, 6) is 0. The summed E-state index contributed by atoms with van der Waals surface area (Å²) in [6.45, 7) is 8.95. The van der Waals surface area contributed by atoms with Crippen molar-refractivity contribution in [3.05, 3.63) is 24.0 Å². The first-order valence-electron chi connectivity index (χ1n) is 7.86. The van der Waals surface area contributed by atoms with E-state index in [2.05, 4.69) is 15.6 Å². The van der Waals surface area contributed by atoms with Crippen LogP contribution >= 0.6 is 0 Å². The highest BCUT2D eigenvalue weighted by Gasteiger charge is 2.42. The Morgan fingerprint density at radius 1 is 1.45 bits per heavy atom. The fraction of sp³-hybridized carbons (Fsp3) is 0.688. The molecule has 1 aliphatic rings. The highest BCUT2D eigenvalue weighted by molar-refractivity contribution is 5.68. The van der Waals surface area contributed by atoms with Crippen LogP contribution in [0.4, 0.5) is 4.79 Å². The van der Waals surface area contributed by atoms with E-state index in [1.54, 1.807) is 0 Å². The summed E-state index contributed by atoms with van der Waals surface area (Å²) in [4.78, 5) is 15.1. The number of hydrogen-bond donors (Lipinski definition) is 3. The third-order valence-electron chi connectivity index (χ3n) is 3.59. The van der Waals surface area contributed by atoms with Crippen LogP contribution < -0.4 is 10.6 Å². The molecular formula is C16H27N3O3. The number of carbonyl (C=O) groups excluding carboxylic acids is 1. The molecule has 124 valence electrons. The van der Waals surface area contributed by atoms with Crippen LogP contribution in [0.5, 0.6) is 0 Å². The maximum atomic E-state index is 11.9. The van der Waals surface area contributed by atoms with E-state index in [1.807, 2.05) is 46.0 Å². The van der Waals surface area contributed by atoms with E-state index in [1.165, 1.54) is 0 Å². The Hall–Kier alpha value is -1.53. The van der Waals surface area contributed by atoms with Crippen molar-refractivity contribution >= 4 is 6.09 Å². The quantitative estimate of drug-likeness (QED) is 0.753. The van der Waals surface area contributed by atoms with Crippen molar-refractivity contribution in [2.24, 2.45) is 0 Å². The standard InChI is InChI=1S/C16H27N3O3/c1-5-21-13-9-12(19-15(20)22-16(2,3)4)14(13)18-10-11-7-6-8-17-11/h6-8,12-14,17-18H,5,9-10H2,1-4H3,(H,19,20). The lowest BCUT2D eigenvalue weighted by atomic mass is 9.82. The number of hydrogen-bond acceptors (Lipinski definition) is 4. The number of ether oxygens (including phenoxy) is 2. The lowest BCUT2D eigenvalue weighted by molar-refractivity contribution is -0.0438. The van der Waals surface area contributed by atoms with Gasteiger partial charge in [0.05, 0.1) is 18.2 Å². The molecule has 1 aromatic rings. The van der Waals surface area contributed by atoms with E-state index in [-0.39, 0.29) is 24.3 Å². The lowest BCUT2D eigenvalue weighted by Crippen LogP contribution is -2.66. The fourth-order valence-electron chi connectivity index (χ4n) is 2.58. The number of carbonyl (C=O) groups is 1. The molecule has 3 atom stereocenters. The van der Waals surface area contributed by atoms with Crippen LogP contribution in [-0.4, -0.2) is 41.5 Å². The molecular weight excluding hydrogens is 282 g/mol. The van der Waals surface area contributed by atoms with Crippen molar-refractivity contribution in [3.63, 3.8) is 0 Å². The average molecular weight is 309 g/mol. The highest BCUT2D eigenvalue weighted by Crippen LogP contribution is 2.25. The van der Waals surface area contributed by atoms with Crippen LogP contribution in [0.15, 0.2) is 18.3 Å². The molecule has 0 spiro atoms. The summed E-state index contributed by atoms with van der Waals surface area (Å²) in [5, 5.41) is 6.38. The minimum atomic E-state index is -0.486. The van der Waals surface area contributed by atoms with E-state index in [0.717, 1.165) is 12.1 Å². The van der Waals surface area contributed by atoms with E-state index in [0.29, 0.717) is 13.2 Å². The van der Waals surface area contributed by atoms with Crippen LogP contribution in [0.1, 0.15) is 39.8 Å². The van der Waals surface area contributed by atoms with Crippen LogP contribution in [0.2, 0.25) is 0 Å². The van der Waals surface area contributed by atoms with Gasteiger partial charge in [0.15, 0.2) is 0 Å². The largest absolute Gasteiger partial charge is 0.444 e. The molecule has 22 heavy (non-hydrogen) atoms. The van der Waals surface area contributed by atoms with Gasteiger partial charge in [0.2, 0.25) is 0 Å². The molecule has 0 aromatic carbocycles. The van der Waals surface area contributed by atoms with E-state index in [4.69, 9.17) is 9.47 Å². The number of aromatic nitrogens is 1. The molecule has 1 fully saturated rings. The predicted molar refractivity (Wildman–Crippen MR) is 84.6 cm³/mol. The molecule has 0 bridgehead atoms. The molecule has 6 heteroatoms. The van der Waals surface area contributed by atoms with Gasteiger partial charge in [0, 0.05) is 25.0 Å². The summed E-state index contributed by atoms with van der Waals surface area (Å²) in [7, 11) is 0. The number of rotatable bonds is 6. The second kappa shape index (κ2) is 7.15. The zero-order valence-electron chi connectivity index (χ0n) is 13.8. The van der Waals surface area contributed by atoms with E-state index < -0.39 is 5.60 Å². The Labute approximate surface area is 132 Å². The Bertz CT molecular complexity index is 467. The Balaban J connectivity index is 1.85. The Morgan fingerprint density at radius 3 is 2.82 bits per heavy atom. The second-order valence-electron chi connectivity index (χ2n) is 6.58. The van der Waals surface area contributed by atoms with E-state index >= 15 is 0 Å². The van der Waals surface area contributed by atoms with Crippen molar-refractivity contribution in [1.82, 2.24) is 15.6 Å². The van der Waals surface area contributed by atoms with Gasteiger partial charge in [-0.15, -0.1) is 0 Å². The van der Waals surface area contributed by atoms with Crippen LogP contribution in [0.3, 0.4) is 0 Å². The number of alkyl carbamates (subject to hydrolysis) is 1. The summed E-state index contributed by atoms with van der Waals surface area (Å²) >= 11 is 0. The maximum absolute atomic E-state index is 11.9. The van der Waals surface area contributed by atoms with Crippen LogP contribution in [-0.2, 0) is 16.0 Å². The van der Waals surface area contributed by atoms with Crippen molar-refractivity contribution in [3.8, 4) is 0 Å². The fourth-order valence-corrected chi connectivity index (χ4v) is 2.58. The first-order chi connectivity index (χ1) is 10.4. The Kier molecular flexibility index (Phi) is 5.47. The minimum absolute atomic E-state index is 0.0290. The van der Waals surface area contributed by atoms with Crippen molar-refractivity contribution in [2.45, 2.75) is 64.4 Å². The molecule has 3 unspecified atom stereocenters. The summed E-state index contributed by atoms with van der Waals surface area (Å²) in [6.07, 6.45) is 2.45. The normalized spacial score (nSPS) is 24.6. The van der Waals surface area contributed by atoms with Gasteiger partial charge in [0.25, 0.3) is 0 Å². The molecule has 1 saturated carbocycles. The van der Waals surface area contributed by atoms with Crippen molar-refractivity contribution in [1.29, 1.82) is 0 Å². The monoisotopic (exact) mass is 309 g/mol. The zero-order valence-corrected chi connectivity index (χ0v) is 13.8. The first kappa shape index (κ1) is 16.8. The van der Waals surface area contributed by atoms with E-state index in [9.17, 15) is 4.79 Å². The van der Waals surface area contributed by atoms with Gasteiger partial charge < -0.3 is 25.1 Å². The number of H-pyrrole nitrogens is 1. The summed E-state index contributed by atoms with van der Waals surface area (Å²) < 4.78 is 11.0. The minimum Gasteiger partial charge on any atom is -0.444 e. The number of amides is 1. The lowest BCUT2D eigenvalue weighted by Gasteiger charge is -2.44. The molecule has 1 amide bonds.